The molecule has 4 aromatic carbocycles. The summed E-state index contributed by atoms with van der Waals surface area (Å²) in [5.41, 5.74) is 0.105. The lowest BCUT2D eigenvalue weighted by Gasteiger charge is -2.19. The highest BCUT2D eigenvalue weighted by Gasteiger charge is 2.31. The number of benzene rings is 4. The van der Waals surface area contributed by atoms with E-state index in [9.17, 15) is 37.8 Å². The maximum absolute atomic E-state index is 13.6. The maximum Gasteiger partial charge on any atom is 0.416 e. The highest BCUT2D eigenvalue weighted by Crippen LogP contribution is 2.37. The third-order valence-corrected chi connectivity index (χ3v) is 6.77. The lowest BCUT2D eigenvalue weighted by atomic mass is 10.0. The molecule has 0 aliphatic heterocycles. The summed E-state index contributed by atoms with van der Waals surface area (Å²) in [4.78, 5) is 36.6. The number of carbonyl (C=O) groups is 3. The van der Waals surface area contributed by atoms with E-state index in [0.717, 1.165) is 23.8 Å². The lowest BCUT2D eigenvalue weighted by Crippen LogP contribution is -2.43. The second-order valence-corrected chi connectivity index (χ2v) is 9.79. The second kappa shape index (κ2) is 13.7. The molecule has 4 rings (SSSR count). The third-order valence-electron chi connectivity index (χ3n) is 6.77. The summed E-state index contributed by atoms with van der Waals surface area (Å²) in [6.45, 7) is 0.00863. The zero-order valence-electron chi connectivity index (χ0n) is 23.4. The molecule has 0 fully saturated rings. The zero-order chi connectivity index (χ0) is 31.9. The number of likely N-dealkylation sites (N-methyl/N-ethyl adjacent to an activating group) is 1. The standard InChI is InChI=1S/C32H29F3N4O5/c1-36-28(16-19-7-3-2-4-8-19)29(40)37-18-20-11-13-25(23(15-20)31(43)44)39-27-17-21(32(33,34)35)12-14-26(27)38-24-10-6-5-9-22(24)30(41)42/h2-15,17,28,36,38-39H,16,18H2,1H3,(H,37,40)(H,41,42)(H,43,44)/t28-/m0/s1. The third kappa shape index (κ3) is 7.92. The number of hydrogen-bond acceptors (Lipinski definition) is 6. The van der Waals surface area contributed by atoms with Crippen LogP contribution >= 0.6 is 0 Å². The number of alkyl halides is 3. The minimum atomic E-state index is -4.70. The molecular formula is C32H29F3N4O5. The highest BCUT2D eigenvalue weighted by molar-refractivity contribution is 5.98. The van der Waals surface area contributed by atoms with Crippen molar-refractivity contribution in [3.05, 3.63) is 119 Å². The van der Waals surface area contributed by atoms with E-state index < -0.39 is 29.7 Å². The van der Waals surface area contributed by atoms with Gasteiger partial charge in [-0.15, -0.1) is 0 Å². The van der Waals surface area contributed by atoms with Crippen LogP contribution in [0.1, 0.15) is 37.4 Å². The minimum absolute atomic E-state index is 0.00863. The van der Waals surface area contributed by atoms with Crippen LogP contribution in [0, 0.1) is 0 Å². The van der Waals surface area contributed by atoms with Crippen LogP contribution in [-0.4, -0.2) is 41.1 Å². The Kier molecular flexibility index (Phi) is 9.86. The summed E-state index contributed by atoms with van der Waals surface area (Å²) in [5.74, 6) is -2.89. The molecule has 4 aromatic rings. The normalized spacial score (nSPS) is 11.8. The first-order chi connectivity index (χ1) is 21.0. The van der Waals surface area contributed by atoms with Gasteiger partial charge in [0.2, 0.25) is 5.91 Å². The molecule has 6 N–H and O–H groups in total. The monoisotopic (exact) mass is 606 g/mol. The number of rotatable bonds is 12. The molecule has 0 aromatic heterocycles. The van der Waals surface area contributed by atoms with E-state index in [4.69, 9.17) is 0 Å². The quantitative estimate of drug-likeness (QED) is 0.115. The van der Waals surface area contributed by atoms with Crippen LogP contribution in [0.5, 0.6) is 0 Å². The number of anilines is 4. The molecule has 0 saturated carbocycles. The number of halogens is 3. The van der Waals surface area contributed by atoms with E-state index in [1.54, 1.807) is 19.2 Å². The summed E-state index contributed by atoms with van der Waals surface area (Å²) in [6, 6.07) is 21.8. The summed E-state index contributed by atoms with van der Waals surface area (Å²) >= 11 is 0. The highest BCUT2D eigenvalue weighted by atomic mass is 19.4. The van der Waals surface area contributed by atoms with Crippen molar-refractivity contribution in [1.82, 2.24) is 10.6 Å². The maximum atomic E-state index is 13.6. The number of carbonyl (C=O) groups excluding carboxylic acids is 1. The van der Waals surface area contributed by atoms with Gasteiger partial charge < -0.3 is 31.5 Å². The largest absolute Gasteiger partial charge is 0.478 e. The first-order valence-electron chi connectivity index (χ1n) is 13.4. The van der Waals surface area contributed by atoms with Gasteiger partial charge in [-0.25, -0.2) is 9.59 Å². The summed E-state index contributed by atoms with van der Waals surface area (Å²) < 4.78 is 40.8. The Labute approximate surface area is 250 Å². The van der Waals surface area contributed by atoms with Crippen LogP contribution < -0.4 is 21.3 Å². The van der Waals surface area contributed by atoms with Crippen molar-refractivity contribution >= 4 is 40.6 Å². The van der Waals surface area contributed by atoms with Crippen LogP contribution in [0.2, 0.25) is 0 Å². The van der Waals surface area contributed by atoms with Crippen LogP contribution in [0.25, 0.3) is 0 Å². The molecule has 0 bridgehead atoms. The molecule has 9 nitrogen and oxygen atoms in total. The molecule has 0 aliphatic rings. The molecule has 1 amide bonds. The van der Waals surface area contributed by atoms with Crippen LogP contribution in [-0.2, 0) is 23.9 Å². The van der Waals surface area contributed by atoms with Gasteiger partial charge in [0.25, 0.3) is 0 Å². The molecular weight excluding hydrogens is 577 g/mol. The molecule has 0 heterocycles. The number of aromatic carboxylic acids is 2. The predicted molar refractivity (Wildman–Crippen MR) is 160 cm³/mol. The SMILES string of the molecule is CN[C@@H](Cc1ccccc1)C(=O)NCc1ccc(Nc2cc(C(F)(F)F)ccc2Nc2ccccc2C(=O)O)c(C(=O)O)c1. The lowest BCUT2D eigenvalue weighted by molar-refractivity contribution is -0.137. The molecule has 0 unspecified atom stereocenters. The van der Waals surface area contributed by atoms with Gasteiger partial charge in [0, 0.05) is 6.54 Å². The summed E-state index contributed by atoms with van der Waals surface area (Å²) in [7, 11) is 1.66. The van der Waals surface area contributed by atoms with E-state index in [0.29, 0.717) is 12.0 Å². The van der Waals surface area contributed by atoms with E-state index in [1.165, 1.54) is 30.3 Å². The Morgan fingerprint density at radius 1 is 0.705 bits per heavy atom. The minimum Gasteiger partial charge on any atom is -0.478 e. The van der Waals surface area contributed by atoms with Crippen LogP contribution in [0.3, 0.4) is 0 Å². The van der Waals surface area contributed by atoms with Crippen molar-refractivity contribution in [3.63, 3.8) is 0 Å². The molecule has 0 saturated heterocycles. The number of para-hydroxylation sites is 1. The van der Waals surface area contributed by atoms with Gasteiger partial charge >= 0.3 is 18.1 Å². The van der Waals surface area contributed by atoms with Crippen LogP contribution in [0.4, 0.5) is 35.9 Å². The van der Waals surface area contributed by atoms with E-state index in [1.807, 2.05) is 30.3 Å². The molecule has 0 aliphatic carbocycles. The first kappa shape index (κ1) is 31.6. The average Bonchev–Trinajstić information content (AvgIpc) is 3.00. The molecule has 44 heavy (non-hydrogen) atoms. The van der Waals surface area contributed by atoms with Crippen molar-refractivity contribution in [1.29, 1.82) is 0 Å². The van der Waals surface area contributed by atoms with Gasteiger partial charge in [0.05, 0.1) is 45.5 Å². The molecule has 1 atom stereocenters. The molecule has 0 radical (unpaired) electrons. The van der Waals surface area contributed by atoms with Crippen LogP contribution in [0.15, 0.2) is 91.0 Å². The van der Waals surface area contributed by atoms with Crippen molar-refractivity contribution in [2.75, 3.05) is 17.7 Å². The predicted octanol–water partition coefficient (Wildman–Crippen LogP) is 6.04. The fourth-order valence-corrected chi connectivity index (χ4v) is 4.48. The fourth-order valence-electron chi connectivity index (χ4n) is 4.48. The van der Waals surface area contributed by atoms with Gasteiger partial charge in [-0.3, -0.25) is 4.79 Å². The van der Waals surface area contributed by atoms with Gasteiger partial charge in [-0.1, -0.05) is 48.5 Å². The Hall–Kier alpha value is -5.36. The number of amides is 1. The van der Waals surface area contributed by atoms with Gasteiger partial charge in [0.1, 0.15) is 0 Å². The van der Waals surface area contributed by atoms with Gasteiger partial charge in [-0.2, -0.15) is 13.2 Å². The first-order valence-corrected chi connectivity index (χ1v) is 13.4. The topological polar surface area (TPSA) is 140 Å². The number of carboxylic acids is 2. The van der Waals surface area contributed by atoms with Crippen molar-refractivity contribution in [2.24, 2.45) is 0 Å². The van der Waals surface area contributed by atoms with Crippen molar-refractivity contribution in [3.8, 4) is 0 Å². The van der Waals surface area contributed by atoms with E-state index in [2.05, 4.69) is 21.3 Å². The summed E-state index contributed by atoms with van der Waals surface area (Å²) in [5, 5.41) is 30.8. The fraction of sp³-hybridized carbons (Fsp3) is 0.156. The molecule has 228 valence electrons. The van der Waals surface area contributed by atoms with E-state index in [-0.39, 0.29) is 46.3 Å². The zero-order valence-corrected chi connectivity index (χ0v) is 23.4. The average molecular weight is 607 g/mol. The van der Waals surface area contributed by atoms with Gasteiger partial charge in [0.15, 0.2) is 0 Å². The Bertz CT molecular complexity index is 1660. The number of carboxylic acid groups (broad SMARTS) is 2. The van der Waals surface area contributed by atoms with Crippen molar-refractivity contribution in [2.45, 2.75) is 25.2 Å². The summed E-state index contributed by atoms with van der Waals surface area (Å²) in [6.07, 6.45) is -4.26. The number of nitrogens with one attached hydrogen (secondary N) is 4. The Morgan fingerprint density at radius 3 is 1.98 bits per heavy atom. The molecule has 12 heteroatoms. The Morgan fingerprint density at radius 2 is 1.32 bits per heavy atom. The Balaban J connectivity index is 1.59. The number of hydrogen-bond donors (Lipinski definition) is 6. The van der Waals surface area contributed by atoms with Crippen molar-refractivity contribution < 1.29 is 37.8 Å². The van der Waals surface area contributed by atoms with E-state index >= 15 is 0 Å². The second-order valence-electron chi connectivity index (χ2n) is 9.79. The molecule has 0 spiro atoms. The van der Waals surface area contributed by atoms with Gasteiger partial charge in [-0.05, 0) is 67.1 Å². The smallest absolute Gasteiger partial charge is 0.416 e.